The number of aromatic hydroxyl groups is 2. The van der Waals surface area contributed by atoms with Crippen LogP contribution in [0.1, 0.15) is 50.5 Å². The fraction of sp³-hybridized carbons (Fsp3) is 0.588. The smallest absolute Gasteiger partial charge is 0.303 e. The van der Waals surface area contributed by atoms with Gasteiger partial charge in [-0.2, -0.15) is 0 Å². The van der Waals surface area contributed by atoms with Gasteiger partial charge in [-0.1, -0.05) is 19.3 Å². The topological polar surface area (TPSA) is 81.0 Å². The average molecular weight is 307 g/mol. The average Bonchev–Trinajstić information content (AvgIpc) is 2.47. The third-order valence-electron chi connectivity index (χ3n) is 4.21. The van der Waals surface area contributed by atoms with Crippen molar-refractivity contribution in [2.24, 2.45) is 0 Å². The molecule has 2 rings (SSSR count). The van der Waals surface area contributed by atoms with Crippen molar-refractivity contribution in [2.75, 3.05) is 18.0 Å². The van der Waals surface area contributed by atoms with Crippen LogP contribution in [-0.4, -0.2) is 34.4 Å². The third kappa shape index (κ3) is 4.55. The van der Waals surface area contributed by atoms with Crippen LogP contribution < -0.4 is 4.90 Å². The van der Waals surface area contributed by atoms with E-state index in [2.05, 4.69) is 4.90 Å². The molecule has 1 heterocycles. The zero-order chi connectivity index (χ0) is 15.9. The Morgan fingerprint density at radius 2 is 1.73 bits per heavy atom. The first-order chi connectivity index (χ1) is 10.6. The van der Waals surface area contributed by atoms with Crippen LogP contribution in [0.3, 0.4) is 0 Å². The number of rotatable bonds is 8. The maximum atomic E-state index is 10.4. The van der Waals surface area contributed by atoms with Crippen LogP contribution in [-0.2, 0) is 11.2 Å². The summed E-state index contributed by atoms with van der Waals surface area (Å²) in [6, 6.07) is 3.33. The molecule has 0 unspecified atom stereocenters. The Hall–Kier alpha value is -1.91. The van der Waals surface area contributed by atoms with E-state index in [-0.39, 0.29) is 17.9 Å². The van der Waals surface area contributed by atoms with Crippen LogP contribution in [0.25, 0.3) is 0 Å². The van der Waals surface area contributed by atoms with Crippen molar-refractivity contribution in [1.29, 1.82) is 0 Å². The predicted octanol–water partition coefficient (Wildman–Crippen LogP) is 3.28. The van der Waals surface area contributed by atoms with Crippen LogP contribution in [0, 0.1) is 0 Å². The van der Waals surface area contributed by atoms with Crippen molar-refractivity contribution in [3.8, 4) is 11.5 Å². The van der Waals surface area contributed by atoms with Gasteiger partial charge in [0.1, 0.15) is 0 Å². The van der Waals surface area contributed by atoms with Crippen molar-refractivity contribution >= 4 is 11.7 Å². The summed E-state index contributed by atoms with van der Waals surface area (Å²) in [6.07, 6.45) is 7.22. The number of fused-ring (bicyclic) bond motifs is 1. The number of hydrogen-bond donors (Lipinski definition) is 3. The van der Waals surface area contributed by atoms with E-state index in [9.17, 15) is 15.0 Å². The Kier molecular flexibility index (Phi) is 5.92. The van der Waals surface area contributed by atoms with E-state index < -0.39 is 5.97 Å². The highest BCUT2D eigenvalue weighted by Crippen LogP contribution is 2.36. The number of nitrogens with zero attached hydrogens (tertiary/aromatic N) is 1. The first-order valence-corrected chi connectivity index (χ1v) is 8.09. The van der Waals surface area contributed by atoms with Crippen molar-refractivity contribution < 1.29 is 20.1 Å². The van der Waals surface area contributed by atoms with E-state index in [1.165, 1.54) is 0 Å². The quantitative estimate of drug-likeness (QED) is 0.507. The molecule has 0 fully saturated rings. The number of hydrogen-bond acceptors (Lipinski definition) is 4. The van der Waals surface area contributed by atoms with Gasteiger partial charge in [0.25, 0.3) is 0 Å². The molecule has 1 aromatic rings. The van der Waals surface area contributed by atoms with Gasteiger partial charge in [-0.05, 0) is 37.3 Å². The first kappa shape index (κ1) is 16.5. The summed E-state index contributed by atoms with van der Waals surface area (Å²) in [6.45, 7) is 1.92. The van der Waals surface area contributed by atoms with E-state index in [0.29, 0.717) is 0 Å². The van der Waals surface area contributed by atoms with Gasteiger partial charge in [0.15, 0.2) is 11.5 Å². The number of anilines is 1. The van der Waals surface area contributed by atoms with Gasteiger partial charge >= 0.3 is 5.97 Å². The summed E-state index contributed by atoms with van der Waals surface area (Å²) in [7, 11) is 0. The number of carboxylic acids is 1. The van der Waals surface area contributed by atoms with Crippen LogP contribution in [0.5, 0.6) is 11.5 Å². The highest BCUT2D eigenvalue weighted by Gasteiger charge is 2.18. The van der Waals surface area contributed by atoms with Gasteiger partial charge in [0.05, 0.1) is 0 Å². The van der Waals surface area contributed by atoms with Crippen molar-refractivity contribution in [3.63, 3.8) is 0 Å². The maximum absolute atomic E-state index is 10.4. The van der Waals surface area contributed by atoms with Crippen LogP contribution in [0.15, 0.2) is 12.1 Å². The predicted molar refractivity (Wildman–Crippen MR) is 85.6 cm³/mol. The molecule has 5 nitrogen and oxygen atoms in total. The lowest BCUT2D eigenvalue weighted by Gasteiger charge is -2.31. The molecule has 1 aliphatic heterocycles. The minimum Gasteiger partial charge on any atom is -0.504 e. The summed E-state index contributed by atoms with van der Waals surface area (Å²) in [5.74, 6) is -0.814. The Morgan fingerprint density at radius 1 is 1.05 bits per heavy atom. The highest BCUT2D eigenvalue weighted by molar-refractivity contribution is 5.66. The minimum absolute atomic E-state index is 0.0426. The second kappa shape index (κ2) is 7.92. The van der Waals surface area contributed by atoms with Gasteiger partial charge in [0.2, 0.25) is 0 Å². The first-order valence-electron chi connectivity index (χ1n) is 8.09. The lowest BCUT2D eigenvalue weighted by atomic mass is 10.0. The van der Waals surface area contributed by atoms with Gasteiger partial charge < -0.3 is 20.2 Å². The molecule has 0 radical (unpaired) electrons. The molecule has 0 bridgehead atoms. The van der Waals surface area contributed by atoms with Crippen LogP contribution >= 0.6 is 0 Å². The SMILES string of the molecule is O=C(O)CCCCCCCN1CCCc2cc(O)c(O)cc21. The molecule has 3 N–H and O–H groups in total. The van der Waals surface area contributed by atoms with E-state index >= 15 is 0 Å². The van der Waals surface area contributed by atoms with Gasteiger partial charge in [-0.25, -0.2) is 0 Å². The van der Waals surface area contributed by atoms with Gasteiger partial charge in [-0.15, -0.1) is 0 Å². The molecule has 1 aliphatic rings. The number of aliphatic carboxylic acids is 1. The largest absolute Gasteiger partial charge is 0.504 e. The molecule has 0 spiro atoms. The van der Waals surface area contributed by atoms with E-state index in [1.54, 1.807) is 12.1 Å². The van der Waals surface area contributed by atoms with E-state index in [0.717, 1.165) is 69.3 Å². The zero-order valence-electron chi connectivity index (χ0n) is 12.9. The van der Waals surface area contributed by atoms with Crippen LogP contribution in [0.2, 0.25) is 0 Å². The second-order valence-corrected chi connectivity index (χ2v) is 5.97. The second-order valence-electron chi connectivity index (χ2n) is 5.97. The Morgan fingerprint density at radius 3 is 2.50 bits per heavy atom. The molecular weight excluding hydrogens is 282 g/mol. The highest BCUT2D eigenvalue weighted by atomic mass is 16.4. The maximum Gasteiger partial charge on any atom is 0.303 e. The van der Waals surface area contributed by atoms with Crippen molar-refractivity contribution in [2.45, 2.75) is 51.4 Å². The van der Waals surface area contributed by atoms with E-state index in [1.807, 2.05) is 0 Å². The molecular formula is C17H25NO4. The Bertz CT molecular complexity index is 516. The number of carbonyl (C=O) groups is 1. The number of unbranched alkanes of at least 4 members (excludes halogenated alkanes) is 4. The molecule has 122 valence electrons. The monoisotopic (exact) mass is 307 g/mol. The van der Waals surface area contributed by atoms with Crippen molar-refractivity contribution in [3.05, 3.63) is 17.7 Å². The molecule has 0 aliphatic carbocycles. The number of phenols is 2. The summed E-state index contributed by atoms with van der Waals surface area (Å²) >= 11 is 0. The number of phenolic OH excluding ortho intramolecular Hbond substituents is 2. The summed E-state index contributed by atoms with van der Waals surface area (Å²) in [5.41, 5.74) is 2.13. The molecule has 0 amide bonds. The fourth-order valence-corrected chi connectivity index (χ4v) is 3.03. The van der Waals surface area contributed by atoms with E-state index in [4.69, 9.17) is 5.11 Å². The van der Waals surface area contributed by atoms with Crippen LogP contribution in [0.4, 0.5) is 5.69 Å². The number of aryl methyl sites for hydroxylation is 1. The zero-order valence-corrected chi connectivity index (χ0v) is 12.9. The standard InChI is InChI=1S/C17H25NO4/c19-15-11-13-7-6-10-18(14(13)12-16(15)20)9-5-3-1-2-4-8-17(21)22/h11-12,19-20H,1-10H2,(H,21,22). The molecule has 0 saturated heterocycles. The molecule has 22 heavy (non-hydrogen) atoms. The molecule has 5 heteroatoms. The molecule has 1 aromatic carbocycles. The minimum atomic E-state index is -0.715. The number of benzene rings is 1. The Labute approximate surface area is 131 Å². The number of carboxylic acid groups (broad SMARTS) is 1. The lowest BCUT2D eigenvalue weighted by Crippen LogP contribution is -2.30. The molecule has 0 atom stereocenters. The fourth-order valence-electron chi connectivity index (χ4n) is 3.03. The Balaban J connectivity index is 1.76. The van der Waals surface area contributed by atoms with Gasteiger partial charge in [0, 0.05) is 31.3 Å². The van der Waals surface area contributed by atoms with Gasteiger partial charge in [-0.3, -0.25) is 4.79 Å². The normalized spacial score (nSPS) is 13.9. The summed E-state index contributed by atoms with van der Waals surface area (Å²) in [4.78, 5) is 12.7. The lowest BCUT2D eigenvalue weighted by molar-refractivity contribution is -0.137. The summed E-state index contributed by atoms with van der Waals surface area (Å²) < 4.78 is 0. The third-order valence-corrected chi connectivity index (χ3v) is 4.21. The molecule has 0 aromatic heterocycles. The van der Waals surface area contributed by atoms with Crippen molar-refractivity contribution in [1.82, 2.24) is 0 Å². The molecule has 0 saturated carbocycles. The summed E-state index contributed by atoms with van der Waals surface area (Å²) in [5, 5.41) is 27.8.